The number of anilines is 1. The number of pyridine rings is 1. The Bertz CT molecular complexity index is 809. The van der Waals surface area contributed by atoms with Crippen molar-refractivity contribution in [2.24, 2.45) is 0 Å². The molecule has 0 saturated carbocycles. The highest BCUT2D eigenvalue weighted by Crippen LogP contribution is 2.27. The van der Waals surface area contributed by atoms with Crippen LogP contribution in [0.4, 0.5) is 5.82 Å². The van der Waals surface area contributed by atoms with Crippen LogP contribution in [0.2, 0.25) is 0 Å². The number of benzene rings is 1. The van der Waals surface area contributed by atoms with Crippen LogP contribution in [-0.2, 0) is 0 Å². The number of hydrogen-bond acceptors (Lipinski definition) is 4. The number of fused-ring (bicyclic) bond motifs is 1. The predicted octanol–water partition coefficient (Wildman–Crippen LogP) is 3.20. The molecular weight excluding hydrogens is 248 g/mol. The first-order chi connectivity index (χ1) is 9.54. The van der Waals surface area contributed by atoms with Gasteiger partial charge < -0.3 is 5.73 Å². The van der Waals surface area contributed by atoms with E-state index < -0.39 is 0 Å². The minimum absolute atomic E-state index is 0.537. The average molecular weight is 264 g/mol. The molecule has 2 heterocycles. The molecule has 0 aliphatic carbocycles. The van der Waals surface area contributed by atoms with Crippen molar-refractivity contribution in [2.45, 2.75) is 20.8 Å². The summed E-state index contributed by atoms with van der Waals surface area (Å²) in [6.45, 7) is 5.79. The summed E-state index contributed by atoms with van der Waals surface area (Å²) in [7, 11) is 0. The number of nitrogens with zero attached hydrogens (tertiary/aromatic N) is 3. The van der Waals surface area contributed by atoms with E-state index in [0.29, 0.717) is 11.6 Å². The van der Waals surface area contributed by atoms with Gasteiger partial charge in [-0.2, -0.15) is 0 Å². The Hall–Kier alpha value is -2.49. The van der Waals surface area contributed by atoms with Crippen LogP contribution in [0.5, 0.6) is 0 Å². The normalized spacial score (nSPS) is 10.9. The fraction of sp³-hybridized carbons (Fsp3) is 0.188. The molecule has 0 bridgehead atoms. The van der Waals surface area contributed by atoms with Gasteiger partial charge in [-0.05, 0) is 39.0 Å². The van der Waals surface area contributed by atoms with Gasteiger partial charge in [0.05, 0.1) is 11.2 Å². The van der Waals surface area contributed by atoms with Gasteiger partial charge in [0, 0.05) is 22.2 Å². The maximum absolute atomic E-state index is 5.93. The first-order valence-corrected chi connectivity index (χ1v) is 6.53. The summed E-state index contributed by atoms with van der Waals surface area (Å²) in [6, 6.07) is 10.2. The third kappa shape index (κ3) is 2.09. The summed E-state index contributed by atoms with van der Waals surface area (Å²) in [6.07, 6.45) is 0. The largest absolute Gasteiger partial charge is 0.383 e. The van der Waals surface area contributed by atoms with Crippen LogP contribution in [0.1, 0.15) is 17.1 Å². The van der Waals surface area contributed by atoms with Crippen LogP contribution >= 0.6 is 0 Å². The second kappa shape index (κ2) is 4.56. The molecule has 20 heavy (non-hydrogen) atoms. The SMILES string of the molecule is Cc1ccc2cc(-c3nc(C)nc(N)c3C)ccc2n1. The zero-order chi connectivity index (χ0) is 14.3. The molecule has 0 atom stereocenters. The first kappa shape index (κ1) is 12.5. The van der Waals surface area contributed by atoms with Gasteiger partial charge in [0.15, 0.2) is 0 Å². The average Bonchev–Trinajstić information content (AvgIpc) is 2.42. The summed E-state index contributed by atoms with van der Waals surface area (Å²) >= 11 is 0. The number of nitrogen functional groups attached to an aromatic ring is 1. The van der Waals surface area contributed by atoms with Crippen LogP contribution in [0.3, 0.4) is 0 Å². The fourth-order valence-corrected chi connectivity index (χ4v) is 2.31. The van der Waals surface area contributed by atoms with E-state index in [1.807, 2.05) is 39.0 Å². The lowest BCUT2D eigenvalue weighted by molar-refractivity contribution is 1.05. The van der Waals surface area contributed by atoms with E-state index >= 15 is 0 Å². The lowest BCUT2D eigenvalue weighted by atomic mass is 10.0. The van der Waals surface area contributed by atoms with Gasteiger partial charge in [0.2, 0.25) is 0 Å². The Morgan fingerprint density at radius 3 is 2.50 bits per heavy atom. The Morgan fingerprint density at radius 2 is 1.70 bits per heavy atom. The molecule has 4 nitrogen and oxygen atoms in total. The van der Waals surface area contributed by atoms with Crippen molar-refractivity contribution in [1.82, 2.24) is 15.0 Å². The molecule has 3 aromatic rings. The highest BCUT2D eigenvalue weighted by molar-refractivity contribution is 5.84. The van der Waals surface area contributed by atoms with Crippen molar-refractivity contribution < 1.29 is 0 Å². The number of aryl methyl sites for hydroxylation is 2. The van der Waals surface area contributed by atoms with Gasteiger partial charge in [-0.1, -0.05) is 12.1 Å². The van der Waals surface area contributed by atoms with Crippen LogP contribution in [-0.4, -0.2) is 15.0 Å². The molecule has 0 aliphatic rings. The van der Waals surface area contributed by atoms with Gasteiger partial charge >= 0.3 is 0 Å². The maximum atomic E-state index is 5.93. The molecule has 100 valence electrons. The minimum Gasteiger partial charge on any atom is -0.383 e. The van der Waals surface area contributed by atoms with E-state index in [2.05, 4.69) is 27.1 Å². The van der Waals surface area contributed by atoms with Crippen LogP contribution in [0, 0.1) is 20.8 Å². The summed E-state index contributed by atoms with van der Waals surface area (Å²) in [5.41, 5.74) is 10.8. The van der Waals surface area contributed by atoms with Gasteiger partial charge in [0.25, 0.3) is 0 Å². The zero-order valence-corrected chi connectivity index (χ0v) is 11.8. The molecule has 2 aromatic heterocycles. The highest BCUT2D eigenvalue weighted by atomic mass is 14.9. The van der Waals surface area contributed by atoms with Crippen molar-refractivity contribution in [3.05, 3.63) is 47.4 Å². The number of nitrogens with two attached hydrogens (primary N) is 1. The molecule has 0 amide bonds. The quantitative estimate of drug-likeness (QED) is 0.733. The van der Waals surface area contributed by atoms with Crippen LogP contribution < -0.4 is 5.73 Å². The molecule has 0 saturated heterocycles. The number of aromatic nitrogens is 3. The topological polar surface area (TPSA) is 64.7 Å². The third-order valence-electron chi connectivity index (χ3n) is 3.40. The summed E-state index contributed by atoms with van der Waals surface area (Å²) in [4.78, 5) is 13.2. The van der Waals surface area contributed by atoms with E-state index in [1.54, 1.807) is 0 Å². The van der Waals surface area contributed by atoms with Gasteiger partial charge in [0.1, 0.15) is 11.6 Å². The molecule has 2 N–H and O–H groups in total. The van der Waals surface area contributed by atoms with Gasteiger partial charge in [-0.3, -0.25) is 4.98 Å². The van der Waals surface area contributed by atoms with E-state index in [0.717, 1.165) is 33.4 Å². The first-order valence-electron chi connectivity index (χ1n) is 6.53. The Labute approximate surface area is 117 Å². The second-order valence-electron chi connectivity index (χ2n) is 4.99. The van der Waals surface area contributed by atoms with Crippen LogP contribution in [0.25, 0.3) is 22.2 Å². The van der Waals surface area contributed by atoms with Crippen molar-refractivity contribution >= 4 is 16.7 Å². The molecule has 0 aliphatic heterocycles. The highest BCUT2D eigenvalue weighted by Gasteiger charge is 2.09. The number of hydrogen-bond donors (Lipinski definition) is 1. The second-order valence-corrected chi connectivity index (χ2v) is 4.99. The molecule has 1 aromatic carbocycles. The van der Waals surface area contributed by atoms with E-state index in [4.69, 9.17) is 5.73 Å². The lowest BCUT2D eigenvalue weighted by Crippen LogP contribution is -2.02. The molecular formula is C16H16N4. The molecule has 0 unspecified atom stereocenters. The van der Waals surface area contributed by atoms with Crippen molar-refractivity contribution in [2.75, 3.05) is 5.73 Å². The molecule has 3 rings (SSSR count). The minimum atomic E-state index is 0.537. The van der Waals surface area contributed by atoms with Crippen LogP contribution in [0.15, 0.2) is 30.3 Å². The van der Waals surface area contributed by atoms with Crippen molar-refractivity contribution in [3.63, 3.8) is 0 Å². The van der Waals surface area contributed by atoms with E-state index in [9.17, 15) is 0 Å². The standard InChI is InChI=1S/C16H16N4/c1-9-4-5-12-8-13(6-7-14(12)18-9)15-10(2)16(17)20-11(3)19-15/h4-8H,1-3H3,(H2,17,19,20). The zero-order valence-electron chi connectivity index (χ0n) is 11.8. The third-order valence-corrected chi connectivity index (χ3v) is 3.40. The monoisotopic (exact) mass is 264 g/mol. The molecule has 0 radical (unpaired) electrons. The summed E-state index contributed by atoms with van der Waals surface area (Å²) in [5, 5.41) is 1.10. The summed E-state index contributed by atoms with van der Waals surface area (Å²) < 4.78 is 0. The van der Waals surface area contributed by atoms with E-state index in [-0.39, 0.29) is 0 Å². The van der Waals surface area contributed by atoms with E-state index in [1.165, 1.54) is 0 Å². The Morgan fingerprint density at radius 1 is 0.900 bits per heavy atom. The smallest absolute Gasteiger partial charge is 0.130 e. The maximum Gasteiger partial charge on any atom is 0.130 e. The fourth-order valence-electron chi connectivity index (χ4n) is 2.31. The molecule has 4 heteroatoms. The van der Waals surface area contributed by atoms with Gasteiger partial charge in [-0.25, -0.2) is 9.97 Å². The van der Waals surface area contributed by atoms with Crippen molar-refractivity contribution in [3.8, 4) is 11.3 Å². The van der Waals surface area contributed by atoms with Crippen molar-refractivity contribution in [1.29, 1.82) is 0 Å². The lowest BCUT2D eigenvalue weighted by Gasteiger charge is -2.09. The van der Waals surface area contributed by atoms with Gasteiger partial charge in [-0.15, -0.1) is 0 Å². The number of rotatable bonds is 1. The Balaban J connectivity index is 2.22. The summed E-state index contributed by atoms with van der Waals surface area (Å²) in [5.74, 6) is 1.22. The predicted molar refractivity (Wildman–Crippen MR) is 81.4 cm³/mol. The molecule has 0 fully saturated rings. The Kier molecular flexibility index (Phi) is 2.86. The molecule has 0 spiro atoms.